The predicted molar refractivity (Wildman–Crippen MR) is 82.1 cm³/mol. The molecule has 1 atom stereocenters. The van der Waals surface area contributed by atoms with Crippen LogP contribution < -0.4 is 5.73 Å². The van der Waals surface area contributed by atoms with Gasteiger partial charge in [-0.05, 0) is 42.9 Å². The van der Waals surface area contributed by atoms with E-state index in [1.54, 1.807) is 0 Å². The Hall–Kier alpha value is -1.03. The number of likely N-dealkylation sites (tertiary alicyclic amines) is 1. The zero-order chi connectivity index (χ0) is 14.2. The molecule has 1 aromatic carbocycles. The third kappa shape index (κ3) is 2.94. The second kappa shape index (κ2) is 5.53. The van der Waals surface area contributed by atoms with Crippen molar-refractivity contribution in [2.45, 2.75) is 27.2 Å². The molecule has 0 aliphatic carbocycles. The van der Waals surface area contributed by atoms with E-state index in [9.17, 15) is 4.79 Å². The topological polar surface area (TPSA) is 46.3 Å². The van der Waals surface area contributed by atoms with Crippen molar-refractivity contribution in [1.82, 2.24) is 4.90 Å². The fourth-order valence-electron chi connectivity index (χ4n) is 2.61. The molecule has 0 radical (unpaired) electrons. The molecule has 0 spiro atoms. The number of benzene rings is 1. The number of hydrogen-bond donors (Lipinski definition) is 1. The Morgan fingerprint density at radius 3 is 2.74 bits per heavy atom. The van der Waals surface area contributed by atoms with Crippen LogP contribution in [0.15, 0.2) is 16.6 Å². The smallest absolute Gasteiger partial charge is 0.254 e. The fraction of sp³-hybridized carbons (Fsp3) is 0.533. The van der Waals surface area contributed by atoms with E-state index >= 15 is 0 Å². The molecule has 3 nitrogen and oxygen atoms in total. The lowest BCUT2D eigenvalue weighted by Crippen LogP contribution is -2.30. The second-order valence-corrected chi connectivity index (χ2v) is 6.63. The SMILES string of the molecule is Cc1c(N)cc(Br)cc1C(=O)N1CCC(C(C)C)C1. The van der Waals surface area contributed by atoms with Gasteiger partial charge in [0.15, 0.2) is 0 Å². The summed E-state index contributed by atoms with van der Waals surface area (Å²) in [6.07, 6.45) is 1.10. The Labute approximate surface area is 123 Å². The molecule has 1 aromatic rings. The van der Waals surface area contributed by atoms with E-state index in [1.165, 1.54) is 0 Å². The van der Waals surface area contributed by atoms with Gasteiger partial charge in [0.1, 0.15) is 0 Å². The quantitative estimate of drug-likeness (QED) is 0.847. The molecular weight excluding hydrogens is 304 g/mol. The zero-order valence-electron chi connectivity index (χ0n) is 11.7. The third-order valence-electron chi connectivity index (χ3n) is 4.10. The maximum absolute atomic E-state index is 12.6. The van der Waals surface area contributed by atoms with E-state index in [2.05, 4.69) is 29.8 Å². The molecule has 2 rings (SSSR count). The summed E-state index contributed by atoms with van der Waals surface area (Å²) in [5.74, 6) is 1.36. The van der Waals surface area contributed by atoms with Crippen molar-refractivity contribution < 1.29 is 4.79 Å². The molecule has 0 aromatic heterocycles. The monoisotopic (exact) mass is 324 g/mol. The molecule has 1 fully saturated rings. The first-order chi connectivity index (χ1) is 8.90. The summed E-state index contributed by atoms with van der Waals surface area (Å²) >= 11 is 3.41. The lowest BCUT2D eigenvalue weighted by atomic mass is 9.95. The van der Waals surface area contributed by atoms with Crippen LogP contribution in [0.25, 0.3) is 0 Å². The van der Waals surface area contributed by atoms with Crippen molar-refractivity contribution >= 4 is 27.5 Å². The van der Waals surface area contributed by atoms with Gasteiger partial charge < -0.3 is 10.6 Å². The molecule has 0 bridgehead atoms. The van der Waals surface area contributed by atoms with Crippen LogP contribution in [0, 0.1) is 18.8 Å². The maximum Gasteiger partial charge on any atom is 0.254 e. The van der Waals surface area contributed by atoms with Crippen molar-refractivity contribution in [2.24, 2.45) is 11.8 Å². The number of amides is 1. The van der Waals surface area contributed by atoms with Gasteiger partial charge in [-0.25, -0.2) is 0 Å². The van der Waals surface area contributed by atoms with Gasteiger partial charge in [0, 0.05) is 28.8 Å². The van der Waals surface area contributed by atoms with Crippen LogP contribution in [0.4, 0.5) is 5.69 Å². The number of nitrogens with zero attached hydrogens (tertiary/aromatic N) is 1. The highest BCUT2D eigenvalue weighted by Gasteiger charge is 2.29. The second-order valence-electron chi connectivity index (χ2n) is 5.71. The average Bonchev–Trinajstić information content (AvgIpc) is 2.82. The number of halogens is 1. The first kappa shape index (κ1) is 14.4. The van der Waals surface area contributed by atoms with Gasteiger partial charge in [-0.1, -0.05) is 29.8 Å². The van der Waals surface area contributed by atoms with Crippen LogP contribution in [-0.2, 0) is 0 Å². The average molecular weight is 325 g/mol. The first-order valence-corrected chi connectivity index (χ1v) is 7.54. The largest absolute Gasteiger partial charge is 0.398 e. The molecule has 1 saturated heterocycles. The number of anilines is 1. The molecule has 1 aliphatic rings. The van der Waals surface area contributed by atoms with E-state index in [0.29, 0.717) is 17.5 Å². The molecule has 19 heavy (non-hydrogen) atoms. The molecule has 2 N–H and O–H groups in total. The summed E-state index contributed by atoms with van der Waals surface area (Å²) in [6.45, 7) is 8.07. The molecule has 1 unspecified atom stereocenters. The lowest BCUT2D eigenvalue weighted by molar-refractivity contribution is 0.0783. The van der Waals surface area contributed by atoms with Crippen molar-refractivity contribution in [2.75, 3.05) is 18.8 Å². The molecule has 1 amide bonds. The van der Waals surface area contributed by atoms with Gasteiger partial charge in [0.25, 0.3) is 5.91 Å². The van der Waals surface area contributed by atoms with Crippen molar-refractivity contribution in [3.8, 4) is 0 Å². The Balaban J connectivity index is 2.22. The summed E-state index contributed by atoms with van der Waals surface area (Å²) in [6, 6.07) is 3.71. The van der Waals surface area contributed by atoms with Crippen LogP contribution in [0.2, 0.25) is 0 Å². The van der Waals surface area contributed by atoms with Crippen LogP contribution >= 0.6 is 15.9 Å². The normalized spacial score (nSPS) is 19.2. The summed E-state index contributed by atoms with van der Waals surface area (Å²) in [4.78, 5) is 14.5. The van der Waals surface area contributed by atoms with Crippen LogP contribution in [0.3, 0.4) is 0 Å². The first-order valence-electron chi connectivity index (χ1n) is 6.75. The minimum absolute atomic E-state index is 0.105. The Morgan fingerprint density at radius 2 is 2.16 bits per heavy atom. The van der Waals surface area contributed by atoms with E-state index in [1.807, 2.05) is 24.0 Å². The van der Waals surface area contributed by atoms with Gasteiger partial charge in [-0.3, -0.25) is 4.79 Å². The Morgan fingerprint density at radius 1 is 1.47 bits per heavy atom. The number of hydrogen-bond acceptors (Lipinski definition) is 2. The lowest BCUT2D eigenvalue weighted by Gasteiger charge is -2.20. The Kier molecular flexibility index (Phi) is 4.19. The summed E-state index contributed by atoms with van der Waals surface area (Å²) in [7, 11) is 0. The fourth-order valence-corrected chi connectivity index (χ4v) is 3.08. The molecule has 4 heteroatoms. The minimum atomic E-state index is 0.105. The van der Waals surface area contributed by atoms with Gasteiger partial charge >= 0.3 is 0 Å². The maximum atomic E-state index is 12.6. The molecule has 104 valence electrons. The Bertz CT molecular complexity index is 499. The van der Waals surface area contributed by atoms with Gasteiger partial charge in [-0.15, -0.1) is 0 Å². The number of nitrogen functional groups attached to an aromatic ring is 1. The van der Waals surface area contributed by atoms with Crippen molar-refractivity contribution in [3.63, 3.8) is 0 Å². The highest BCUT2D eigenvalue weighted by Crippen LogP contribution is 2.28. The van der Waals surface area contributed by atoms with E-state index < -0.39 is 0 Å². The highest BCUT2D eigenvalue weighted by molar-refractivity contribution is 9.10. The van der Waals surface area contributed by atoms with Crippen LogP contribution in [0.1, 0.15) is 36.2 Å². The van der Waals surface area contributed by atoms with E-state index in [-0.39, 0.29) is 5.91 Å². The zero-order valence-corrected chi connectivity index (χ0v) is 13.3. The van der Waals surface area contributed by atoms with Gasteiger partial charge in [0.2, 0.25) is 0 Å². The van der Waals surface area contributed by atoms with Crippen LogP contribution in [-0.4, -0.2) is 23.9 Å². The molecular formula is C15H21BrN2O. The van der Waals surface area contributed by atoms with Gasteiger partial charge in [-0.2, -0.15) is 0 Å². The highest BCUT2D eigenvalue weighted by atomic mass is 79.9. The molecule has 1 heterocycles. The molecule has 0 saturated carbocycles. The number of carbonyl (C=O) groups excluding carboxylic acids is 1. The third-order valence-corrected chi connectivity index (χ3v) is 4.56. The van der Waals surface area contributed by atoms with Gasteiger partial charge in [0.05, 0.1) is 0 Å². The van der Waals surface area contributed by atoms with Crippen molar-refractivity contribution in [3.05, 3.63) is 27.7 Å². The van der Waals surface area contributed by atoms with Crippen molar-refractivity contribution in [1.29, 1.82) is 0 Å². The standard InChI is InChI=1S/C15H21BrN2O/c1-9(2)11-4-5-18(8-11)15(19)13-6-12(16)7-14(17)10(13)3/h6-7,9,11H,4-5,8,17H2,1-3H3. The number of rotatable bonds is 2. The van der Waals surface area contributed by atoms with E-state index in [0.717, 1.165) is 35.1 Å². The minimum Gasteiger partial charge on any atom is -0.398 e. The summed E-state index contributed by atoms with van der Waals surface area (Å²) < 4.78 is 0.860. The molecule has 1 aliphatic heterocycles. The number of carbonyl (C=O) groups is 1. The number of nitrogens with two attached hydrogens (primary N) is 1. The van der Waals surface area contributed by atoms with Crippen LogP contribution in [0.5, 0.6) is 0 Å². The predicted octanol–water partition coefficient (Wildman–Crippen LogP) is 3.46. The van der Waals surface area contributed by atoms with E-state index in [4.69, 9.17) is 5.73 Å². The summed E-state index contributed by atoms with van der Waals surface area (Å²) in [5, 5.41) is 0. The summed E-state index contributed by atoms with van der Waals surface area (Å²) in [5.41, 5.74) is 8.19.